The van der Waals surface area contributed by atoms with E-state index in [2.05, 4.69) is 15.0 Å². The Morgan fingerprint density at radius 1 is 1.02 bits per heavy atom. The SMILES string of the molecule is N#Cc1ccc(COc2nccc(-c3cc(F)c(Cc4nc5c(F)cc(C(=O)O)cc5n4CC45CC(CO4)C5)cc3F)n2)c(F)c1. The Bertz CT molecular complexity index is 2080. The van der Waals surface area contributed by atoms with E-state index in [1.165, 1.54) is 30.5 Å². The van der Waals surface area contributed by atoms with E-state index in [0.717, 1.165) is 37.1 Å². The van der Waals surface area contributed by atoms with Crippen LogP contribution in [-0.4, -0.2) is 42.8 Å². The van der Waals surface area contributed by atoms with E-state index in [1.54, 1.807) is 4.57 Å². The molecule has 4 heterocycles. The van der Waals surface area contributed by atoms with Gasteiger partial charge in [0.25, 0.3) is 0 Å². The normalized spacial score (nSPS) is 18.4. The maximum atomic E-state index is 15.6. The second-order valence-corrected chi connectivity index (χ2v) is 11.5. The van der Waals surface area contributed by atoms with Crippen molar-refractivity contribution in [2.24, 2.45) is 5.92 Å². The number of aromatic nitrogens is 4. The zero-order valence-electron chi connectivity index (χ0n) is 23.9. The van der Waals surface area contributed by atoms with Crippen LogP contribution < -0.4 is 4.74 Å². The molecule has 3 aromatic carbocycles. The molecule has 3 aliphatic rings. The van der Waals surface area contributed by atoms with E-state index in [0.29, 0.717) is 12.5 Å². The maximum absolute atomic E-state index is 15.6. The standard InChI is InChI=1S/C33H23F4N5O4/c34-23-5-17(13-38)1-2-19(23)15-45-32-39-4-3-27(40-32)22-10-24(35)20(6-25(22)36)9-29-41-30-26(37)7-21(31(43)44)8-28(30)42(29)16-33-11-18(12-33)14-46-33/h1-8,10,18H,9,11-12,14-16H2,(H,43,44). The van der Waals surface area contributed by atoms with Crippen LogP contribution in [0.1, 0.15) is 45.7 Å². The van der Waals surface area contributed by atoms with Crippen LogP contribution in [0.25, 0.3) is 22.3 Å². The summed E-state index contributed by atoms with van der Waals surface area (Å²) in [6, 6.07) is 11.1. The number of carboxylic acid groups (broad SMARTS) is 1. The van der Waals surface area contributed by atoms with E-state index >= 15 is 13.2 Å². The summed E-state index contributed by atoms with van der Waals surface area (Å²) < 4.78 is 73.4. The van der Waals surface area contributed by atoms with Gasteiger partial charge in [0.2, 0.25) is 0 Å². The van der Waals surface area contributed by atoms with Gasteiger partial charge in [0.15, 0.2) is 5.82 Å². The van der Waals surface area contributed by atoms with E-state index in [1.807, 2.05) is 6.07 Å². The molecule has 2 saturated heterocycles. The fraction of sp³-hybridized carbons (Fsp3) is 0.242. The molecule has 0 unspecified atom stereocenters. The Balaban J connectivity index is 1.18. The zero-order chi connectivity index (χ0) is 32.2. The molecule has 0 amide bonds. The number of halogens is 4. The topological polar surface area (TPSA) is 123 Å². The lowest BCUT2D eigenvalue weighted by molar-refractivity contribution is -0.0132. The highest BCUT2D eigenvalue weighted by Crippen LogP contribution is 2.49. The molecule has 9 nitrogen and oxygen atoms in total. The Morgan fingerprint density at radius 3 is 2.54 bits per heavy atom. The summed E-state index contributed by atoms with van der Waals surface area (Å²) in [4.78, 5) is 24.2. The Morgan fingerprint density at radius 2 is 1.83 bits per heavy atom. The number of fused-ring (bicyclic) bond motifs is 2. The molecule has 0 radical (unpaired) electrons. The number of benzene rings is 3. The highest BCUT2D eigenvalue weighted by Gasteiger charge is 2.52. The third-order valence-corrected chi connectivity index (χ3v) is 8.46. The van der Waals surface area contributed by atoms with Gasteiger partial charge in [0, 0.05) is 23.7 Å². The molecule has 8 rings (SSSR count). The van der Waals surface area contributed by atoms with Crippen molar-refractivity contribution in [3.05, 3.63) is 106 Å². The number of carbonyl (C=O) groups is 1. The monoisotopic (exact) mass is 629 g/mol. The van der Waals surface area contributed by atoms with E-state index in [9.17, 15) is 14.3 Å². The molecule has 0 atom stereocenters. The minimum Gasteiger partial charge on any atom is -0.478 e. The fourth-order valence-electron chi connectivity index (χ4n) is 6.18. The average molecular weight is 630 g/mol. The summed E-state index contributed by atoms with van der Waals surface area (Å²) in [7, 11) is 0. The van der Waals surface area contributed by atoms with Gasteiger partial charge in [0.05, 0.1) is 47.2 Å². The zero-order valence-corrected chi connectivity index (χ0v) is 23.9. The van der Waals surface area contributed by atoms with E-state index in [-0.39, 0.29) is 76.0 Å². The fourth-order valence-corrected chi connectivity index (χ4v) is 6.18. The molecule has 5 aromatic rings. The maximum Gasteiger partial charge on any atom is 0.335 e. The lowest BCUT2D eigenvalue weighted by atomic mass is 9.74. The van der Waals surface area contributed by atoms with Crippen LogP contribution in [0.5, 0.6) is 6.01 Å². The van der Waals surface area contributed by atoms with Crippen molar-refractivity contribution in [1.82, 2.24) is 19.5 Å². The number of aromatic carboxylic acids is 1. The minimum atomic E-state index is -1.31. The number of hydrogen-bond acceptors (Lipinski definition) is 7. The summed E-state index contributed by atoms with van der Waals surface area (Å²) in [5.74, 6) is -3.72. The molecule has 1 N–H and O–H groups in total. The first-order chi connectivity index (χ1) is 22.1. The quantitative estimate of drug-likeness (QED) is 0.198. The summed E-state index contributed by atoms with van der Waals surface area (Å²) >= 11 is 0. The van der Waals surface area contributed by atoms with Crippen molar-refractivity contribution in [2.75, 3.05) is 6.61 Å². The minimum absolute atomic E-state index is 0.0146. The van der Waals surface area contributed by atoms with Gasteiger partial charge in [-0.25, -0.2) is 32.3 Å². The van der Waals surface area contributed by atoms with Crippen LogP contribution in [0.4, 0.5) is 17.6 Å². The summed E-state index contributed by atoms with van der Waals surface area (Å²) in [5.41, 5.74) is -0.532. The summed E-state index contributed by atoms with van der Waals surface area (Å²) in [6.45, 7) is 0.593. The molecule has 13 heteroatoms. The summed E-state index contributed by atoms with van der Waals surface area (Å²) in [6.07, 6.45) is 2.65. The lowest BCUT2D eigenvalue weighted by Crippen LogP contribution is -2.41. The highest BCUT2D eigenvalue weighted by atomic mass is 19.1. The predicted molar refractivity (Wildman–Crippen MR) is 154 cm³/mol. The first kappa shape index (κ1) is 29.4. The molecule has 2 aromatic heterocycles. The molecule has 232 valence electrons. The van der Waals surface area contributed by atoms with Crippen molar-refractivity contribution in [1.29, 1.82) is 5.26 Å². The smallest absolute Gasteiger partial charge is 0.335 e. The van der Waals surface area contributed by atoms with Gasteiger partial charge in [0.1, 0.15) is 35.4 Å². The molecule has 2 bridgehead atoms. The van der Waals surface area contributed by atoms with Gasteiger partial charge < -0.3 is 19.1 Å². The molecular weight excluding hydrogens is 606 g/mol. The second-order valence-electron chi connectivity index (χ2n) is 11.5. The Hall–Kier alpha value is -5.35. The van der Waals surface area contributed by atoms with Crippen molar-refractivity contribution < 1.29 is 36.9 Å². The average Bonchev–Trinajstić information content (AvgIpc) is 3.72. The van der Waals surface area contributed by atoms with Gasteiger partial charge >= 0.3 is 12.0 Å². The van der Waals surface area contributed by atoms with Crippen LogP contribution in [0, 0.1) is 40.5 Å². The van der Waals surface area contributed by atoms with Gasteiger partial charge in [-0.15, -0.1) is 0 Å². The number of rotatable bonds is 9. The molecule has 0 spiro atoms. The molecule has 2 aliphatic heterocycles. The van der Waals surface area contributed by atoms with Gasteiger partial charge in [-0.2, -0.15) is 10.2 Å². The Kier molecular flexibility index (Phi) is 7.16. The van der Waals surface area contributed by atoms with Crippen LogP contribution in [0.15, 0.2) is 54.7 Å². The largest absolute Gasteiger partial charge is 0.478 e. The number of nitriles is 1. The van der Waals surface area contributed by atoms with Crippen molar-refractivity contribution in [2.45, 2.75) is 38.0 Å². The second kappa shape index (κ2) is 11.2. The predicted octanol–water partition coefficient (Wildman–Crippen LogP) is 5.97. The van der Waals surface area contributed by atoms with Crippen LogP contribution in [-0.2, 0) is 24.3 Å². The molecule has 46 heavy (non-hydrogen) atoms. The highest BCUT2D eigenvalue weighted by molar-refractivity contribution is 5.92. The number of nitrogens with zero attached hydrogens (tertiary/aromatic N) is 5. The van der Waals surface area contributed by atoms with Crippen LogP contribution in [0.2, 0.25) is 0 Å². The summed E-state index contributed by atoms with van der Waals surface area (Å²) in [5, 5.41) is 18.4. The van der Waals surface area contributed by atoms with Crippen molar-refractivity contribution >= 4 is 17.0 Å². The first-order valence-corrected chi connectivity index (χ1v) is 14.3. The number of imidazole rings is 1. The lowest BCUT2D eigenvalue weighted by Gasteiger charge is -2.36. The van der Waals surface area contributed by atoms with Crippen molar-refractivity contribution in [3.63, 3.8) is 0 Å². The molecular formula is C33H23F4N5O4. The molecule has 1 saturated carbocycles. The Labute approximate surface area is 258 Å². The van der Waals surface area contributed by atoms with E-state index in [4.69, 9.17) is 14.7 Å². The van der Waals surface area contributed by atoms with Crippen LogP contribution in [0.3, 0.4) is 0 Å². The number of hydrogen-bond donors (Lipinski definition) is 1. The van der Waals surface area contributed by atoms with Gasteiger partial charge in [-0.3, -0.25) is 0 Å². The number of carboxylic acids is 1. The molecule has 3 fully saturated rings. The molecule has 1 aliphatic carbocycles. The first-order valence-electron chi connectivity index (χ1n) is 14.3. The van der Waals surface area contributed by atoms with E-state index < -0.39 is 34.8 Å². The third-order valence-electron chi connectivity index (χ3n) is 8.46. The van der Waals surface area contributed by atoms with Crippen LogP contribution >= 0.6 is 0 Å². The number of ether oxygens (including phenoxy) is 2. The third kappa shape index (κ3) is 5.30. The van der Waals surface area contributed by atoms with Crippen molar-refractivity contribution in [3.8, 4) is 23.3 Å². The van der Waals surface area contributed by atoms with Gasteiger partial charge in [-0.1, -0.05) is 6.07 Å². The van der Waals surface area contributed by atoms with Gasteiger partial charge in [-0.05, 0) is 66.8 Å².